The molecule has 0 radical (unpaired) electrons. The second-order valence-corrected chi connectivity index (χ2v) is 6.65. The molecule has 26 heavy (non-hydrogen) atoms. The Bertz CT molecular complexity index is 871. The van der Waals surface area contributed by atoms with E-state index < -0.39 is 11.8 Å². The number of primary amides is 1. The first-order valence-electron chi connectivity index (χ1n) is 8.43. The second kappa shape index (κ2) is 7.00. The maximum absolute atomic E-state index is 12.6. The van der Waals surface area contributed by atoms with Crippen LogP contribution in [0.25, 0.3) is 0 Å². The molecule has 1 saturated heterocycles. The standard InChI is InChI=1S/C20H21N3O3/c1-12-7-13(2)9-15(8-12)23-11-14(10-18(23)24)20(26)22-17-6-4-3-5-16(17)19(21)25/h3-9,14H,10-11H2,1-2H3,(H2,21,25)(H,22,26). The van der Waals surface area contributed by atoms with Crippen molar-refractivity contribution in [2.45, 2.75) is 20.3 Å². The lowest BCUT2D eigenvalue weighted by atomic mass is 10.1. The van der Waals surface area contributed by atoms with Crippen molar-refractivity contribution in [2.75, 3.05) is 16.8 Å². The fourth-order valence-corrected chi connectivity index (χ4v) is 3.28. The third-order valence-corrected chi connectivity index (χ3v) is 4.46. The van der Waals surface area contributed by atoms with Crippen molar-refractivity contribution in [3.8, 4) is 0 Å². The summed E-state index contributed by atoms with van der Waals surface area (Å²) >= 11 is 0. The molecule has 6 heteroatoms. The molecule has 2 aromatic rings. The van der Waals surface area contributed by atoms with Crippen LogP contribution in [-0.4, -0.2) is 24.3 Å². The maximum Gasteiger partial charge on any atom is 0.250 e. The molecular weight excluding hydrogens is 330 g/mol. The van der Waals surface area contributed by atoms with Gasteiger partial charge in [-0.1, -0.05) is 18.2 Å². The van der Waals surface area contributed by atoms with E-state index in [2.05, 4.69) is 5.32 Å². The van der Waals surface area contributed by atoms with E-state index in [1.54, 1.807) is 29.2 Å². The molecule has 1 heterocycles. The van der Waals surface area contributed by atoms with Gasteiger partial charge < -0.3 is 16.0 Å². The second-order valence-electron chi connectivity index (χ2n) is 6.65. The van der Waals surface area contributed by atoms with Crippen molar-refractivity contribution >= 4 is 29.1 Å². The minimum Gasteiger partial charge on any atom is -0.366 e. The molecule has 1 fully saturated rings. The summed E-state index contributed by atoms with van der Waals surface area (Å²) in [6, 6.07) is 12.5. The first kappa shape index (κ1) is 17.7. The average molecular weight is 351 g/mol. The first-order chi connectivity index (χ1) is 12.3. The van der Waals surface area contributed by atoms with E-state index in [4.69, 9.17) is 5.73 Å². The van der Waals surface area contributed by atoms with Gasteiger partial charge in [0.25, 0.3) is 5.91 Å². The molecule has 0 bridgehead atoms. The van der Waals surface area contributed by atoms with Crippen LogP contribution >= 0.6 is 0 Å². The quantitative estimate of drug-likeness (QED) is 0.886. The Labute approximate surface area is 152 Å². The van der Waals surface area contributed by atoms with E-state index in [0.717, 1.165) is 16.8 Å². The Morgan fingerprint density at radius 2 is 1.77 bits per heavy atom. The number of hydrogen-bond acceptors (Lipinski definition) is 3. The van der Waals surface area contributed by atoms with Crippen LogP contribution in [0.5, 0.6) is 0 Å². The third kappa shape index (κ3) is 3.59. The summed E-state index contributed by atoms with van der Waals surface area (Å²) in [6.07, 6.45) is 0.136. The van der Waals surface area contributed by atoms with Gasteiger partial charge in [-0.2, -0.15) is 0 Å². The minimum absolute atomic E-state index is 0.0849. The van der Waals surface area contributed by atoms with Gasteiger partial charge in [-0.05, 0) is 49.2 Å². The van der Waals surface area contributed by atoms with Gasteiger partial charge in [0.15, 0.2) is 0 Å². The first-order valence-corrected chi connectivity index (χ1v) is 8.43. The number of carbonyl (C=O) groups excluding carboxylic acids is 3. The average Bonchev–Trinajstić information content (AvgIpc) is 2.96. The SMILES string of the molecule is Cc1cc(C)cc(N2CC(C(=O)Nc3ccccc3C(N)=O)CC2=O)c1. The fraction of sp³-hybridized carbons (Fsp3) is 0.250. The number of amides is 3. The molecule has 0 aromatic heterocycles. The molecule has 0 spiro atoms. The minimum atomic E-state index is -0.611. The number of nitrogens with zero attached hydrogens (tertiary/aromatic N) is 1. The summed E-state index contributed by atoms with van der Waals surface area (Å²) < 4.78 is 0. The summed E-state index contributed by atoms with van der Waals surface area (Å²) in [5, 5.41) is 2.73. The number of hydrogen-bond donors (Lipinski definition) is 2. The van der Waals surface area contributed by atoms with Crippen LogP contribution in [0, 0.1) is 19.8 Å². The van der Waals surface area contributed by atoms with Gasteiger partial charge in [0.2, 0.25) is 11.8 Å². The molecule has 3 amide bonds. The molecule has 3 N–H and O–H groups in total. The van der Waals surface area contributed by atoms with E-state index in [-0.39, 0.29) is 23.8 Å². The Hall–Kier alpha value is -3.15. The summed E-state index contributed by atoms with van der Waals surface area (Å²) in [6.45, 7) is 4.26. The van der Waals surface area contributed by atoms with Crippen LogP contribution < -0.4 is 16.0 Å². The van der Waals surface area contributed by atoms with Crippen molar-refractivity contribution in [3.05, 3.63) is 59.2 Å². The molecule has 1 aliphatic heterocycles. The maximum atomic E-state index is 12.6. The zero-order valence-electron chi connectivity index (χ0n) is 14.8. The van der Waals surface area contributed by atoms with E-state index >= 15 is 0 Å². The third-order valence-electron chi connectivity index (χ3n) is 4.46. The topological polar surface area (TPSA) is 92.5 Å². The summed E-state index contributed by atoms with van der Waals surface area (Å²) in [5.41, 5.74) is 8.89. The smallest absolute Gasteiger partial charge is 0.250 e. The lowest BCUT2D eigenvalue weighted by molar-refractivity contribution is -0.122. The molecule has 0 aliphatic carbocycles. The molecule has 1 unspecified atom stereocenters. The van der Waals surface area contributed by atoms with Crippen LogP contribution in [0.3, 0.4) is 0 Å². The predicted octanol–water partition coefficient (Wildman–Crippen LogP) is 2.39. The van der Waals surface area contributed by atoms with Gasteiger partial charge in [-0.15, -0.1) is 0 Å². The number of nitrogens with one attached hydrogen (secondary N) is 1. The van der Waals surface area contributed by atoms with Gasteiger partial charge in [0.1, 0.15) is 0 Å². The number of rotatable bonds is 4. The molecular formula is C20H21N3O3. The number of para-hydroxylation sites is 1. The van der Waals surface area contributed by atoms with E-state index in [9.17, 15) is 14.4 Å². The number of carbonyl (C=O) groups is 3. The van der Waals surface area contributed by atoms with Crippen LogP contribution in [0.1, 0.15) is 27.9 Å². The van der Waals surface area contributed by atoms with Crippen molar-refractivity contribution in [2.24, 2.45) is 11.7 Å². The normalized spacial score (nSPS) is 16.6. The number of anilines is 2. The van der Waals surface area contributed by atoms with E-state index in [1.807, 2.05) is 32.0 Å². The van der Waals surface area contributed by atoms with Crippen molar-refractivity contribution in [1.82, 2.24) is 0 Å². The van der Waals surface area contributed by atoms with Gasteiger partial charge in [-0.3, -0.25) is 14.4 Å². The molecule has 6 nitrogen and oxygen atoms in total. The Morgan fingerprint density at radius 1 is 1.12 bits per heavy atom. The van der Waals surface area contributed by atoms with Crippen molar-refractivity contribution < 1.29 is 14.4 Å². The summed E-state index contributed by atoms with van der Waals surface area (Å²) in [7, 11) is 0. The fourth-order valence-electron chi connectivity index (χ4n) is 3.28. The van der Waals surface area contributed by atoms with Crippen LogP contribution in [0.4, 0.5) is 11.4 Å². The van der Waals surface area contributed by atoms with Crippen LogP contribution in [-0.2, 0) is 9.59 Å². The van der Waals surface area contributed by atoms with Gasteiger partial charge in [0, 0.05) is 18.7 Å². The van der Waals surface area contributed by atoms with E-state index in [0.29, 0.717) is 12.2 Å². The molecule has 1 aliphatic rings. The highest BCUT2D eigenvalue weighted by Crippen LogP contribution is 2.28. The number of aryl methyl sites for hydroxylation is 2. The molecule has 134 valence electrons. The van der Waals surface area contributed by atoms with Gasteiger partial charge >= 0.3 is 0 Å². The zero-order chi connectivity index (χ0) is 18.8. The number of nitrogens with two attached hydrogens (primary N) is 1. The van der Waals surface area contributed by atoms with Crippen LogP contribution in [0.15, 0.2) is 42.5 Å². The zero-order valence-corrected chi connectivity index (χ0v) is 14.8. The van der Waals surface area contributed by atoms with E-state index in [1.165, 1.54) is 0 Å². The van der Waals surface area contributed by atoms with Gasteiger partial charge in [0.05, 0.1) is 17.2 Å². The lowest BCUT2D eigenvalue weighted by Gasteiger charge is -2.18. The highest BCUT2D eigenvalue weighted by atomic mass is 16.2. The Morgan fingerprint density at radius 3 is 2.42 bits per heavy atom. The molecule has 0 saturated carbocycles. The molecule has 1 atom stereocenters. The highest BCUT2D eigenvalue weighted by molar-refractivity contribution is 6.06. The molecule has 3 rings (SSSR count). The van der Waals surface area contributed by atoms with Gasteiger partial charge in [-0.25, -0.2) is 0 Å². The predicted molar refractivity (Wildman–Crippen MR) is 100.0 cm³/mol. The lowest BCUT2D eigenvalue weighted by Crippen LogP contribution is -2.28. The van der Waals surface area contributed by atoms with Crippen molar-refractivity contribution in [1.29, 1.82) is 0 Å². The largest absolute Gasteiger partial charge is 0.366 e. The Kier molecular flexibility index (Phi) is 4.75. The monoisotopic (exact) mass is 351 g/mol. The van der Waals surface area contributed by atoms with Crippen molar-refractivity contribution in [3.63, 3.8) is 0 Å². The van der Waals surface area contributed by atoms with Crippen LogP contribution in [0.2, 0.25) is 0 Å². The summed E-state index contributed by atoms with van der Waals surface area (Å²) in [5.74, 6) is -1.47. The summed E-state index contributed by atoms with van der Waals surface area (Å²) in [4.78, 5) is 38.1. The molecule has 2 aromatic carbocycles. The number of benzene rings is 2. The Balaban J connectivity index is 1.76. The highest BCUT2D eigenvalue weighted by Gasteiger charge is 2.35.